The molecular weight excluding hydrogens is 151 g/mol. The molecule has 0 N–H and O–H groups in total. The highest BCUT2D eigenvalue weighted by atomic mass is 19.1. The summed E-state index contributed by atoms with van der Waals surface area (Å²) in [5.41, 5.74) is 0. The lowest BCUT2D eigenvalue weighted by Gasteiger charge is -2.23. The molecule has 0 spiro atoms. The second kappa shape index (κ2) is 5.55. The fraction of sp³-hybridized carbons (Fsp3) is 1.00. The van der Waals surface area contributed by atoms with Gasteiger partial charge in [-0.05, 0) is 31.1 Å². The average molecular weight is 174 g/mol. The molecule has 0 saturated heterocycles. The minimum Gasteiger partial charge on any atom is -0.248 e. The third-order valence-corrected chi connectivity index (χ3v) is 2.93. The Morgan fingerprint density at radius 3 is 1.83 bits per heavy atom. The van der Waals surface area contributed by atoms with Crippen molar-refractivity contribution < 1.29 is 4.39 Å². The van der Waals surface area contributed by atoms with Gasteiger partial charge in [0.1, 0.15) is 0 Å². The number of rotatable bonds is 5. The van der Waals surface area contributed by atoms with Gasteiger partial charge in [0.2, 0.25) is 0 Å². The fourth-order valence-corrected chi connectivity index (χ4v) is 1.58. The Morgan fingerprint density at radius 2 is 1.58 bits per heavy atom. The molecule has 0 aromatic carbocycles. The average Bonchev–Trinajstić information content (AvgIpc) is 1.98. The molecular formula is C11H23F. The third kappa shape index (κ3) is 4.08. The highest BCUT2D eigenvalue weighted by Gasteiger charge is 2.18. The van der Waals surface area contributed by atoms with E-state index in [1.54, 1.807) is 6.92 Å². The molecule has 0 rings (SSSR count). The van der Waals surface area contributed by atoms with Crippen LogP contribution >= 0.6 is 0 Å². The van der Waals surface area contributed by atoms with Crippen LogP contribution in [-0.2, 0) is 0 Å². The first-order valence-electron chi connectivity index (χ1n) is 5.13. The molecule has 12 heavy (non-hydrogen) atoms. The normalized spacial score (nSPS) is 19.2. The summed E-state index contributed by atoms with van der Waals surface area (Å²) in [6, 6.07) is 0. The van der Waals surface area contributed by atoms with Gasteiger partial charge in [0.05, 0.1) is 6.17 Å². The summed E-state index contributed by atoms with van der Waals surface area (Å²) >= 11 is 0. The maximum Gasteiger partial charge on any atom is 0.0999 e. The summed E-state index contributed by atoms with van der Waals surface area (Å²) in [6.07, 6.45) is 1.55. The van der Waals surface area contributed by atoms with Crippen LogP contribution in [0.1, 0.15) is 47.5 Å². The second-order valence-corrected chi connectivity index (χ2v) is 4.30. The van der Waals surface area contributed by atoms with Gasteiger partial charge in [0, 0.05) is 0 Å². The molecule has 1 heteroatoms. The summed E-state index contributed by atoms with van der Waals surface area (Å²) < 4.78 is 12.9. The molecule has 0 aliphatic rings. The van der Waals surface area contributed by atoms with E-state index in [0.29, 0.717) is 11.8 Å². The SMILES string of the molecule is CCC(CC(C)[C@@H](C)F)C(C)C. The van der Waals surface area contributed by atoms with Crippen molar-refractivity contribution >= 4 is 0 Å². The van der Waals surface area contributed by atoms with Crippen molar-refractivity contribution in [2.24, 2.45) is 17.8 Å². The molecule has 0 bridgehead atoms. The van der Waals surface area contributed by atoms with Crippen LogP contribution in [0.25, 0.3) is 0 Å². The van der Waals surface area contributed by atoms with Crippen molar-refractivity contribution in [1.82, 2.24) is 0 Å². The van der Waals surface area contributed by atoms with E-state index in [4.69, 9.17) is 0 Å². The predicted octanol–water partition coefficient (Wildman–Crippen LogP) is 4.05. The molecule has 0 aromatic rings. The molecule has 0 nitrogen and oxygen atoms in total. The third-order valence-electron chi connectivity index (χ3n) is 2.93. The van der Waals surface area contributed by atoms with E-state index in [9.17, 15) is 4.39 Å². The van der Waals surface area contributed by atoms with Gasteiger partial charge < -0.3 is 0 Å². The minimum atomic E-state index is -0.655. The van der Waals surface area contributed by atoms with Gasteiger partial charge >= 0.3 is 0 Å². The summed E-state index contributed by atoms with van der Waals surface area (Å²) in [5, 5.41) is 0. The summed E-state index contributed by atoms with van der Waals surface area (Å²) in [7, 11) is 0. The van der Waals surface area contributed by atoms with Crippen molar-refractivity contribution in [3.8, 4) is 0 Å². The van der Waals surface area contributed by atoms with E-state index >= 15 is 0 Å². The Kier molecular flexibility index (Phi) is 5.52. The molecule has 0 aliphatic heterocycles. The lowest BCUT2D eigenvalue weighted by Crippen LogP contribution is -2.17. The van der Waals surface area contributed by atoms with Crippen LogP contribution in [0.15, 0.2) is 0 Å². The number of halogens is 1. The number of hydrogen-bond donors (Lipinski definition) is 0. The second-order valence-electron chi connectivity index (χ2n) is 4.30. The van der Waals surface area contributed by atoms with Gasteiger partial charge in [0.25, 0.3) is 0 Å². The largest absolute Gasteiger partial charge is 0.248 e. The first-order chi connectivity index (χ1) is 5.49. The van der Waals surface area contributed by atoms with E-state index in [-0.39, 0.29) is 5.92 Å². The highest BCUT2D eigenvalue weighted by Crippen LogP contribution is 2.25. The topological polar surface area (TPSA) is 0 Å². The Labute approximate surface area is 76.6 Å². The zero-order chi connectivity index (χ0) is 9.72. The highest BCUT2D eigenvalue weighted by molar-refractivity contribution is 4.68. The minimum absolute atomic E-state index is 0.220. The van der Waals surface area contributed by atoms with Crippen molar-refractivity contribution in [2.75, 3.05) is 0 Å². The van der Waals surface area contributed by atoms with Crippen molar-refractivity contribution in [3.05, 3.63) is 0 Å². The van der Waals surface area contributed by atoms with Crippen molar-refractivity contribution in [1.29, 1.82) is 0 Å². The van der Waals surface area contributed by atoms with Crippen LogP contribution in [0.4, 0.5) is 4.39 Å². The molecule has 0 fully saturated rings. The summed E-state index contributed by atoms with van der Waals surface area (Å²) in [5.74, 6) is 1.60. The molecule has 74 valence electrons. The van der Waals surface area contributed by atoms with Gasteiger partial charge in [-0.3, -0.25) is 0 Å². The van der Waals surface area contributed by atoms with Gasteiger partial charge in [-0.2, -0.15) is 0 Å². The quantitative estimate of drug-likeness (QED) is 0.589. The standard InChI is InChI=1S/C11H23F/c1-6-11(8(2)3)7-9(4)10(5)12/h8-11H,6-7H2,1-5H3/t9?,10-,11?/m1/s1. The Balaban J connectivity index is 3.85. The molecule has 0 aromatic heterocycles. The van der Waals surface area contributed by atoms with Gasteiger partial charge in [0.15, 0.2) is 0 Å². The van der Waals surface area contributed by atoms with Crippen LogP contribution < -0.4 is 0 Å². The molecule has 0 amide bonds. The van der Waals surface area contributed by atoms with Crippen LogP contribution in [0.5, 0.6) is 0 Å². The number of hydrogen-bond acceptors (Lipinski definition) is 0. The van der Waals surface area contributed by atoms with Gasteiger partial charge in [-0.1, -0.05) is 34.1 Å². The maximum atomic E-state index is 12.9. The zero-order valence-electron chi connectivity index (χ0n) is 9.10. The molecule has 0 aliphatic carbocycles. The monoisotopic (exact) mass is 174 g/mol. The fourth-order valence-electron chi connectivity index (χ4n) is 1.58. The van der Waals surface area contributed by atoms with E-state index in [1.165, 1.54) is 6.42 Å². The van der Waals surface area contributed by atoms with E-state index in [2.05, 4.69) is 20.8 Å². The van der Waals surface area contributed by atoms with Crippen molar-refractivity contribution in [3.63, 3.8) is 0 Å². The lowest BCUT2D eigenvalue weighted by atomic mass is 9.84. The van der Waals surface area contributed by atoms with Crippen LogP contribution in [0.2, 0.25) is 0 Å². The first kappa shape index (κ1) is 11.9. The van der Waals surface area contributed by atoms with Crippen LogP contribution in [0.3, 0.4) is 0 Å². The first-order valence-corrected chi connectivity index (χ1v) is 5.13. The summed E-state index contributed by atoms with van der Waals surface area (Å²) in [6.45, 7) is 10.3. The predicted molar refractivity (Wildman–Crippen MR) is 53.0 cm³/mol. The summed E-state index contributed by atoms with van der Waals surface area (Å²) in [4.78, 5) is 0. The Hall–Kier alpha value is -0.0700. The smallest absolute Gasteiger partial charge is 0.0999 e. The van der Waals surface area contributed by atoms with Crippen LogP contribution in [0, 0.1) is 17.8 Å². The molecule has 0 radical (unpaired) electrons. The van der Waals surface area contributed by atoms with Crippen molar-refractivity contribution in [2.45, 2.75) is 53.6 Å². The van der Waals surface area contributed by atoms with Gasteiger partial charge in [-0.25, -0.2) is 4.39 Å². The molecule has 3 atom stereocenters. The molecule has 0 saturated carbocycles. The lowest BCUT2D eigenvalue weighted by molar-refractivity contribution is 0.202. The maximum absolute atomic E-state index is 12.9. The van der Waals surface area contributed by atoms with E-state index in [1.807, 2.05) is 6.92 Å². The van der Waals surface area contributed by atoms with E-state index in [0.717, 1.165) is 6.42 Å². The number of alkyl halides is 1. The van der Waals surface area contributed by atoms with E-state index < -0.39 is 6.17 Å². The molecule has 2 unspecified atom stereocenters. The Morgan fingerprint density at radius 1 is 1.08 bits per heavy atom. The van der Waals surface area contributed by atoms with Crippen LogP contribution in [-0.4, -0.2) is 6.17 Å². The van der Waals surface area contributed by atoms with Gasteiger partial charge in [-0.15, -0.1) is 0 Å². The Bertz CT molecular complexity index is 108. The zero-order valence-corrected chi connectivity index (χ0v) is 9.10. The molecule has 0 heterocycles.